The Labute approximate surface area is 123 Å². The summed E-state index contributed by atoms with van der Waals surface area (Å²) in [7, 11) is 0. The largest absolute Gasteiger partial charge is 0.481 e. The van der Waals surface area contributed by atoms with E-state index < -0.39 is 17.9 Å². The van der Waals surface area contributed by atoms with Gasteiger partial charge >= 0.3 is 12.0 Å². The number of nitrogens with one attached hydrogen (secondary N) is 2. The third kappa shape index (κ3) is 4.19. The first-order valence-corrected chi connectivity index (χ1v) is 6.97. The Morgan fingerprint density at radius 3 is 2.71 bits per heavy atom. The SMILES string of the molecule is CC(CNC(=O)NC1COCC1C(=O)O)c1ccccc1. The number of carbonyl (C=O) groups excluding carboxylic acids is 1. The summed E-state index contributed by atoms with van der Waals surface area (Å²) in [5.41, 5.74) is 1.14. The van der Waals surface area contributed by atoms with Gasteiger partial charge in [0.15, 0.2) is 0 Å². The Morgan fingerprint density at radius 2 is 2.05 bits per heavy atom. The van der Waals surface area contributed by atoms with E-state index in [1.54, 1.807) is 0 Å². The summed E-state index contributed by atoms with van der Waals surface area (Å²) in [6.45, 7) is 2.88. The zero-order chi connectivity index (χ0) is 15.2. The number of carboxylic acid groups (broad SMARTS) is 1. The van der Waals surface area contributed by atoms with Crippen LogP contribution in [0, 0.1) is 5.92 Å². The highest BCUT2D eigenvalue weighted by atomic mass is 16.5. The van der Waals surface area contributed by atoms with Gasteiger partial charge < -0.3 is 20.5 Å². The summed E-state index contributed by atoms with van der Waals surface area (Å²) in [4.78, 5) is 22.8. The molecule has 3 atom stereocenters. The number of ether oxygens (including phenoxy) is 1. The summed E-state index contributed by atoms with van der Waals surface area (Å²) in [5.74, 6) is -1.44. The lowest BCUT2D eigenvalue weighted by Crippen LogP contribution is -2.47. The van der Waals surface area contributed by atoms with Gasteiger partial charge in [-0.05, 0) is 11.5 Å². The van der Waals surface area contributed by atoms with Crippen LogP contribution < -0.4 is 10.6 Å². The van der Waals surface area contributed by atoms with Gasteiger partial charge in [0.1, 0.15) is 5.92 Å². The molecule has 114 valence electrons. The molecule has 6 nitrogen and oxygen atoms in total. The second kappa shape index (κ2) is 7.08. The Balaban J connectivity index is 1.78. The van der Waals surface area contributed by atoms with Crippen LogP contribution in [0.4, 0.5) is 4.79 Å². The van der Waals surface area contributed by atoms with Crippen molar-refractivity contribution in [3.05, 3.63) is 35.9 Å². The molecular weight excluding hydrogens is 272 g/mol. The topological polar surface area (TPSA) is 87.7 Å². The molecule has 2 rings (SSSR count). The van der Waals surface area contributed by atoms with Crippen molar-refractivity contribution in [2.75, 3.05) is 19.8 Å². The molecule has 0 radical (unpaired) electrons. The zero-order valence-electron chi connectivity index (χ0n) is 11.9. The van der Waals surface area contributed by atoms with Gasteiger partial charge in [0, 0.05) is 6.54 Å². The maximum absolute atomic E-state index is 11.8. The Hall–Kier alpha value is -2.08. The maximum atomic E-state index is 11.8. The number of carboxylic acids is 1. The number of hydrogen-bond donors (Lipinski definition) is 3. The van der Waals surface area contributed by atoms with Crippen molar-refractivity contribution in [3.63, 3.8) is 0 Å². The van der Waals surface area contributed by atoms with Crippen molar-refractivity contribution < 1.29 is 19.4 Å². The zero-order valence-corrected chi connectivity index (χ0v) is 11.9. The third-order valence-electron chi connectivity index (χ3n) is 3.65. The monoisotopic (exact) mass is 292 g/mol. The molecule has 3 unspecified atom stereocenters. The lowest BCUT2D eigenvalue weighted by atomic mass is 10.0. The molecule has 1 aromatic rings. The van der Waals surface area contributed by atoms with E-state index in [0.717, 1.165) is 5.56 Å². The van der Waals surface area contributed by atoms with E-state index in [0.29, 0.717) is 6.54 Å². The number of rotatable bonds is 5. The van der Waals surface area contributed by atoms with Gasteiger partial charge in [-0.2, -0.15) is 0 Å². The number of amides is 2. The van der Waals surface area contributed by atoms with Gasteiger partial charge in [-0.15, -0.1) is 0 Å². The second-order valence-corrected chi connectivity index (χ2v) is 5.25. The van der Waals surface area contributed by atoms with E-state index in [2.05, 4.69) is 10.6 Å². The summed E-state index contributed by atoms with van der Waals surface area (Å²) in [5, 5.41) is 14.4. The van der Waals surface area contributed by atoms with E-state index in [4.69, 9.17) is 9.84 Å². The minimum atomic E-state index is -0.949. The van der Waals surface area contributed by atoms with E-state index >= 15 is 0 Å². The first-order valence-electron chi connectivity index (χ1n) is 6.97. The maximum Gasteiger partial charge on any atom is 0.315 e. The Bertz CT molecular complexity index is 492. The van der Waals surface area contributed by atoms with Crippen LogP contribution in [0.1, 0.15) is 18.4 Å². The highest BCUT2D eigenvalue weighted by Crippen LogP contribution is 2.14. The number of urea groups is 1. The van der Waals surface area contributed by atoms with Gasteiger partial charge in [0.05, 0.1) is 19.3 Å². The highest BCUT2D eigenvalue weighted by molar-refractivity contribution is 5.77. The van der Waals surface area contributed by atoms with Crippen molar-refractivity contribution >= 4 is 12.0 Å². The lowest BCUT2D eigenvalue weighted by Gasteiger charge is -2.18. The van der Waals surface area contributed by atoms with Crippen LogP contribution in [0.5, 0.6) is 0 Å². The van der Waals surface area contributed by atoms with E-state index in [9.17, 15) is 9.59 Å². The van der Waals surface area contributed by atoms with Crippen LogP contribution in [0.15, 0.2) is 30.3 Å². The molecule has 0 spiro atoms. The standard InChI is InChI=1S/C15H20N2O4/c1-10(11-5-3-2-4-6-11)7-16-15(20)17-13-9-21-8-12(13)14(18)19/h2-6,10,12-13H,7-9H2,1H3,(H,18,19)(H2,16,17,20). The fourth-order valence-corrected chi connectivity index (χ4v) is 2.30. The number of benzene rings is 1. The Morgan fingerprint density at radius 1 is 1.33 bits per heavy atom. The minimum absolute atomic E-state index is 0.140. The molecule has 1 aliphatic heterocycles. The fraction of sp³-hybridized carbons (Fsp3) is 0.467. The van der Waals surface area contributed by atoms with Crippen LogP contribution in [-0.2, 0) is 9.53 Å². The first-order chi connectivity index (χ1) is 10.1. The molecule has 1 fully saturated rings. The smallest absolute Gasteiger partial charge is 0.315 e. The lowest BCUT2D eigenvalue weighted by molar-refractivity contribution is -0.142. The first kappa shape index (κ1) is 15.3. The average Bonchev–Trinajstić information content (AvgIpc) is 2.94. The summed E-state index contributed by atoms with van der Waals surface area (Å²) < 4.78 is 5.10. The fourth-order valence-electron chi connectivity index (χ4n) is 2.30. The van der Waals surface area contributed by atoms with E-state index in [-0.39, 0.29) is 25.2 Å². The van der Waals surface area contributed by atoms with Gasteiger partial charge in [-0.25, -0.2) is 4.79 Å². The molecule has 0 bridgehead atoms. The molecular formula is C15H20N2O4. The molecule has 1 heterocycles. The molecule has 21 heavy (non-hydrogen) atoms. The number of aliphatic carboxylic acids is 1. The molecule has 6 heteroatoms. The van der Waals surface area contributed by atoms with Crippen LogP contribution in [0.25, 0.3) is 0 Å². The van der Waals surface area contributed by atoms with Crippen LogP contribution in [0.3, 0.4) is 0 Å². The van der Waals surface area contributed by atoms with Gasteiger partial charge in [0.25, 0.3) is 0 Å². The van der Waals surface area contributed by atoms with Gasteiger partial charge in [-0.1, -0.05) is 37.3 Å². The van der Waals surface area contributed by atoms with Crippen LogP contribution >= 0.6 is 0 Å². The molecule has 2 amide bonds. The molecule has 0 aliphatic carbocycles. The van der Waals surface area contributed by atoms with Gasteiger partial charge in [-0.3, -0.25) is 4.79 Å². The molecule has 1 saturated heterocycles. The highest BCUT2D eigenvalue weighted by Gasteiger charge is 2.35. The summed E-state index contributed by atoms with van der Waals surface area (Å²) in [6, 6.07) is 9.04. The van der Waals surface area contributed by atoms with Crippen LogP contribution in [0.2, 0.25) is 0 Å². The minimum Gasteiger partial charge on any atom is -0.481 e. The van der Waals surface area contributed by atoms with Crippen molar-refractivity contribution in [1.29, 1.82) is 0 Å². The summed E-state index contributed by atoms with van der Waals surface area (Å²) >= 11 is 0. The molecule has 1 aliphatic rings. The van der Waals surface area contributed by atoms with Gasteiger partial charge in [0.2, 0.25) is 0 Å². The normalized spacial score (nSPS) is 22.5. The third-order valence-corrected chi connectivity index (χ3v) is 3.65. The van der Waals surface area contributed by atoms with E-state index in [1.165, 1.54) is 0 Å². The number of carbonyl (C=O) groups is 2. The average molecular weight is 292 g/mol. The Kier molecular flexibility index (Phi) is 5.16. The van der Waals surface area contributed by atoms with Crippen molar-refractivity contribution in [1.82, 2.24) is 10.6 Å². The van der Waals surface area contributed by atoms with Crippen molar-refractivity contribution in [3.8, 4) is 0 Å². The second-order valence-electron chi connectivity index (χ2n) is 5.25. The number of hydrogen-bond acceptors (Lipinski definition) is 3. The molecule has 1 aromatic carbocycles. The molecule has 0 aromatic heterocycles. The predicted octanol–water partition coefficient (Wildman–Crippen LogP) is 1.19. The predicted molar refractivity (Wildman–Crippen MR) is 77.1 cm³/mol. The van der Waals surface area contributed by atoms with Crippen LogP contribution in [-0.4, -0.2) is 42.9 Å². The van der Waals surface area contributed by atoms with Crippen molar-refractivity contribution in [2.24, 2.45) is 5.92 Å². The van der Waals surface area contributed by atoms with E-state index in [1.807, 2.05) is 37.3 Å². The quantitative estimate of drug-likeness (QED) is 0.760. The molecule has 0 saturated carbocycles. The molecule has 3 N–H and O–H groups in total. The summed E-state index contributed by atoms with van der Waals surface area (Å²) in [6.07, 6.45) is 0. The van der Waals surface area contributed by atoms with Crippen molar-refractivity contribution in [2.45, 2.75) is 18.9 Å².